The van der Waals surface area contributed by atoms with Crippen LogP contribution < -0.4 is 19.7 Å². The predicted octanol–water partition coefficient (Wildman–Crippen LogP) is 7.72. The molecule has 0 unspecified atom stereocenters. The smallest absolute Gasteiger partial charge is 0.335 e. The van der Waals surface area contributed by atoms with E-state index in [2.05, 4.69) is 21.2 Å². The Labute approximate surface area is 258 Å². The number of benzene rings is 4. The molecule has 4 aromatic carbocycles. The molecule has 0 bridgehead atoms. The van der Waals surface area contributed by atoms with Crippen molar-refractivity contribution in [2.45, 2.75) is 13.2 Å². The molecule has 0 radical (unpaired) electrons. The van der Waals surface area contributed by atoms with E-state index in [-0.39, 0.29) is 30.3 Å². The number of halogens is 4. The van der Waals surface area contributed by atoms with Crippen molar-refractivity contribution in [2.75, 3.05) is 4.90 Å². The molecule has 0 saturated carbocycles. The average molecular weight is 670 g/mol. The topological polar surface area (TPSA) is 84.9 Å². The summed E-state index contributed by atoms with van der Waals surface area (Å²) >= 11 is 15.5. The molecular weight excluding hydrogens is 650 g/mol. The number of carbonyl (C=O) groups excluding carboxylic acids is 3. The van der Waals surface area contributed by atoms with E-state index in [1.165, 1.54) is 30.3 Å². The normalized spacial score (nSPS) is 14.2. The first-order valence-corrected chi connectivity index (χ1v) is 14.0. The number of amides is 4. The SMILES string of the molecule is O=C1NC(=O)N(c2ccc(OCc3ccc(Cl)cc3Cl)cc2)C(=O)/C1=C/c1cc(Br)ccc1OCc1ccc(F)cc1. The van der Waals surface area contributed by atoms with E-state index >= 15 is 0 Å². The monoisotopic (exact) mass is 668 g/mol. The van der Waals surface area contributed by atoms with Gasteiger partial charge < -0.3 is 9.47 Å². The van der Waals surface area contributed by atoms with Gasteiger partial charge in [-0.1, -0.05) is 57.3 Å². The summed E-state index contributed by atoms with van der Waals surface area (Å²) in [6.45, 7) is 0.305. The highest BCUT2D eigenvalue weighted by Crippen LogP contribution is 2.30. The zero-order chi connectivity index (χ0) is 29.8. The quantitative estimate of drug-likeness (QED) is 0.153. The summed E-state index contributed by atoms with van der Waals surface area (Å²) in [5.41, 5.74) is 1.85. The van der Waals surface area contributed by atoms with Gasteiger partial charge in [0.1, 0.15) is 36.1 Å². The summed E-state index contributed by atoms with van der Waals surface area (Å²) in [5.74, 6) is -1.17. The molecule has 0 spiro atoms. The number of urea groups is 1. The van der Waals surface area contributed by atoms with Crippen molar-refractivity contribution < 1.29 is 28.2 Å². The summed E-state index contributed by atoms with van der Waals surface area (Å²) < 4.78 is 25.6. The maximum atomic E-state index is 13.5. The zero-order valence-electron chi connectivity index (χ0n) is 21.6. The van der Waals surface area contributed by atoms with Gasteiger partial charge in [0, 0.05) is 25.6 Å². The lowest BCUT2D eigenvalue weighted by Crippen LogP contribution is -2.54. The molecule has 1 fully saturated rings. The van der Waals surface area contributed by atoms with Gasteiger partial charge in [-0.3, -0.25) is 14.9 Å². The Hall–Kier alpha value is -4.18. The van der Waals surface area contributed by atoms with Crippen LogP contribution in [-0.4, -0.2) is 17.8 Å². The molecule has 0 aromatic heterocycles. The Morgan fingerprint density at radius 2 is 1.60 bits per heavy atom. The van der Waals surface area contributed by atoms with Crippen molar-refractivity contribution in [1.82, 2.24) is 5.32 Å². The number of nitrogens with one attached hydrogen (secondary N) is 1. The Bertz CT molecular complexity index is 1710. The average Bonchev–Trinajstić information content (AvgIpc) is 2.96. The number of nitrogens with zero attached hydrogens (tertiary/aromatic N) is 1. The van der Waals surface area contributed by atoms with Crippen LogP contribution in [0.15, 0.2) is 95.0 Å². The van der Waals surface area contributed by atoms with Crippen molar-refractivity contribution >= 4 is 68.7 Å². The fraction of sp³-hybridized carbons (Fsp3) is 0.0645. The Balaban J connectivity index is 1.35. The highest BCUT2D eigenvalue weighted by atomic mass is 79.9. The van der Waals surface area contributed by atoms with Crippen LogP contribution >= 0.6 is 39.1 Å². The lowest BCUT2D eigenvalue weighted by atomic mass is 10.1. The molecule has 11 heteroatoms. The first-order valence-electron chi connectivity index (χ1n) is 12.4. The molecule has 5 rings (SSSR count). The number of anilines is 1. The van der Waals surface area contributed by atoms with Gasteiger partial charge in [-0.25, -0.2) is 14.1 Å². The van der Waals surface area contributed by atoms with Gasteiger partial charge in [0.25, 0.3) is 11.8 Å². The van der Waals surface area contributed by atoms with Gasteiger partial charge >= 0.3 is 6.03 Å². The third-order valence-corrected chi connectivity index (χ3v) is 7.27. The minimum atomic E-state index is -0.884. The molecule has 1 aliphatic heterocycles. The second-order valence-electron chi connectivity index (χ2n) is 9.07. The van der Waals surface area contributed by atoms with Crippen molar-refractivity contribution in [3.63, 3.8) is 0 Å². The Kier molecular flexibility index (Phi) is 8.91. The number of ether oxygens (including phenoxy) is 2. The van der Waals surface area contributed by atoms with Gasteiger partial charge in [-0.05, 0) is 78.4 Å². The fourth-order valence-corrected chi connectivity index (χ4v) is 4.89. The van der Waals surface area contributed by atoms with Crippen LogP contribution in [-0.2, 0) is 22.8 Å². The van der Waals surface area contributed by atoms with Crippen LogP contribution in [0.4, 0.5) is 14.9 Å². The molecule has 0 aliphatic carbocycles. The zero-order valence-corrected chi connectivity index (χ0v) is 24.7. The summed E-state index contributed by atoms with van der Waals surface area (Å²) in [5, 5.41) is 3.19. The maximum absolute atomic E-state index is 13.5. The van der Waals surface area contributed by atoms with E-state index in [1.807, 2.05) is 0 Å². The first-order chi connectivity index (χ1) is 20.2. The molecule has 1 N–H and O–H groups in total. The number of rotatable bonds is 8. The van der Waals surface area contributed by atoms with Gasteiger partial charge in [0.15, 0.2) is 0 Å². The summed E-state index contributed by atoms with van der Waals surface area (Å²) in [6.07, 6.45) is 1.36. The van der Waals surface area contributed by atoms with Crippen LogP contribution in [0.2, 0.25) is 10.0 Å². The molecule has 4 aromatic rings. The van der Waals surface area contributed by atoms with E-state index in [4.69, 9.17) is 32.7 Å². The van der Waals surface area contributed by atoms with Gasteiger partial charge in [0.05, 0.1) is 5.69 Å². The molecule has 7 nitrogen and oxygen atoms in total. The van der Waals surface area contributed by atoms with E-state index < -0.39 is 17.8 Å². The highest BCUT2D eigenvalue weighted by Gasteiger charge is 2.37. The Morgan fingerprint density at radius 3 is 2.31 bits per heavy atom. The van der Waals surface area contributed by atoms with Crippen molar-refractivity contribution in [2.24, 2.45) is 0 Å². The standard InChI is InChI=1S/C31H20BrCl2FN2O5/c32-21-4-12-28(42-16-18-1-6-23(35)7-2-18)20(13-21)14-26-29(38)36-31(40)37(30(26)39)24-8-10-25(11-9-24)41-17-19-3-5-22(33)15-27(19)34/h1-15H,16-17H2,(H,36,38,40)/b26-14+. The van der Waals surface area contributed by atoms with Crippen LogP contribution in [0.25, 0.3) is 6.08 Å². The predicted molar refractivity (Wildman–Crippen MR) is 161 cm³/mol. The Morgan fingerprint density at radius 1 is 0.857 bits per heavy atom. The number of hydrogen-bond donors (Lipinski definition) is 1. The molecule has 1 aliphatic rings. The summed E-state index contributed by atoms with van der Waals surface area (Å²) in [7, 11) is 0. The lowest BCUT2D eigenvalue weighted by Gasteiger charge is -2.26. The van der Waals surface area contributed by atoms with Crippen molar-refractivity contribution in [1.29, 1.82) is 0 Å². The van der Waals surface area contributed by atoms with Crippen molar-refractivity contribution in [3.05, 3.63) is 128 Å². The number of barbiturate groups is 1. The van der Waals surface area contributed by atoms with Crippen LogP contribution in [0.1, 0.15) is 16.7 Å². The van der Waals surface area contributed by atoms with E-state index in [1.54, 1.807) is 60.7 Å². The second-order valence-corrected chi connectivity index (χ2v) is 10.8. The summed E-state index contributed by atoms with van der Waals surface area (Å²) in [6, 6.07) is 21.4. The van der Waals surface area contributed by atoms with Gasteiger partial charge in [-0.15, -0.1) is 0 Å². The molecule has 212 valence electrons. The van der Waals surface area contributed by atoms with E-state index in [9.17, 15) is 18.8 Å². The molecule has 4 amide bonds. The summed E-state index contributed by atoms with van der Waals surface area (Å²) in [4.78, 5) is 39.8. The first kappa shape index (κ1) is 29.3. The number of imide groups is 2. The van der Waals surface area contributed by atoms with Gasteiger partial charge in [-0.2, -0.15) is 0 Å². The molecule has 1 heterocycles. The second kappa shape index (κ2) is 12.8. The third kappa shape index (κ3) is 6.82. The molecular formula is C31H20BrCl2FN2O5. The van der Waals surface area contributed by atoms with Crippen LogP contribution in [0.5, 0.6) is 11.5 Å². The molecule has 1 saturated heterocycles. The lowest BCUT2D eigenvalue weighted by molar-refractivity contribution is -0.122. The number of hydrogen-bond acceptors (Lipinski definition) is 5. The fourth-order valence-electron chi connectivity index (χ4n) is 4.04. The largest absolute Gasteiger partial charge is 0.489 e. The van der Waals surface area contributed by atoms with E-state index in [0.717, 1.165) is 16.0 Å². The minimum absolute atomic E-state index is 0.126. The molecule has 0 atom stereocenters. The molecule has 42 heavy (non-hydrogen) atoms. The van der Waals surface area contributed by atoms with Crippen LogP contribution in [0.3, 0.4) is 0 Å². The van der Waals surface area contributed by atoms with Crippen LogP contribution in [0, 0.1) is 5.82 Å². The maximum Gasteiger partial charge on any atom is 0.335 e. The number of carbonyl (C=O) groups is 3. The third-order valence-electron chi connectivity index (χ3n) is 6.19. The highest BCUT2D eigenvalue weighted by molar-refractivity contribution is 9.10. The van der Waals surface area contributed by atoms with Gasteiger partial charge in [0.2, 0.25) is 0 Å². The minimum Gasteiger partial charge on any atom is -0.489 e. The van der Waals surface area contributed by atoms with Crippen molar-refractivity contribution in [3.8, 4) is 11.5 Å². The van der Waals surface area contributed by atoms with E-state index in [0.29, 0.717) is 31.6 Å².